The molecule has 0 spiro atoms. The van der Waals surface area contributed by atoms with Crippen LogP contribution in [0.15, 0.2) is 30.3 Å². The number of piperidine rings is 1. The molecule has 0 radical (unpaired) electrons. The average molecular weight is 346 g/mol. The van der Waals surface area contributed by atoms with Gasteiger partial charge in [0.1, 0.15) is 0 Å². The van der Waals surface area contributed by atoms with Gasteiger partial charge in [0.05, 0.1) is 0 Å². The van der Waals surface area contributed by atoms with Crippen molar-refractivity contribution in [3.05, 3.63) is 41.0 Å². The lowest BCUT2D eigenvalue weighted by Crippen LogP contribution is -2.38. The first-order valence-corrected chi connectivity index (χ1v) is 8.52. The van der Waals surface area contributed by atoms with Crippen molar-refractivity contribution < 1.29 is 9.53 Å². The Bertz CT molecular complexity index is 713. The van der Waals surface area contributed by atoms with Gasteiger partial charge in [0, 0.05) is 35.4 Å². The third-order valence-corrected chi connectivity index (χ3v) is 4.24. The monoisotopic (exact) mass is 345 g/mol. The van der Waals surface area contributed by atoms with E-state index in [4.69, 9.17) is 16.3 Å². The maximum atomic E-state index is 12.2. The minimum absolute atomic E-state index is 0.0104. The molecule has 1 amide bonds. The molecule has 1 saturated heterocycles. The first-order valence-electron chi connectivity index (χ1n) is 8.14. The average Bonchev–Trinajstić information content (AvgIpc) is 2.60. The van der Waals surface area contributed by atoms with E-state index in [1.807, 2.05) is 24.0 Å². The van der Waals surface area contributed by atoms with Crippen LogP contribution < -0.4 is 4.74 Å². The number of likely N-dealkylation sites (tertiary alicyclic amines) is 1. The molecular weight excluding hydrogens is 326 g/mol. The first-order chi connectivity index (χ1) is 11.6. The van der Waals surface area contributed by atoms with E-state index in [1.165, 1.54) is 6.42 Å². The fourth-order valence-corrected chi connectivity index (χ4v) is 2.84. The van der Waals surface area contributed by atoms with Crippen LogP contribution in [0.25, 0.3) is 11.4 Å². The second kappa shape index (κ2) is 7.62. The molecule has 1 aromatic heterocycles. The number of benzene rings is 1. The van der Waals surface area contributed by atoms with Crippen LogP contribution in [0.2, 0.25) is 5.02 Å². The van der Waals surface area contributed by atoms with Gasteiger partial charge in [0.2, 0.25) is 5.88 Å². The Morgan fingerprint density at radius 3 is 2.58 bits per heavy atom. The van der Waals surface area contributed by atoms with Crippen LogP contribution >= 0.6 is 11.6 Å². The molecule has 6 heteroatoms. The van der Waals surface area contributed by atoms with E-state index in [9.17, 15) is 4.79 Å². The van der Waals surface area contributed by atoms with E-state index < -0.39 is 0 Å². The lowest BCUT2D eigenvalue weighted by molar-refractivity contribution is -0.134. The summed E-state index contributed by atoms with van der Waals surface area (Å²) in [4.78, 5) is 22.9. The quantitative estimate of drug-likeness (QED) is 0.851. The van der Waals surface area contributed by atoms with Crippen LogP contribution in [0.1, 0.15) is 25.0 Å². The molecule has 1 aromatic carbocycles. The summed E-state index contributed by atoms with van der Waals surface area (Å²) < 4.78 is 5.62. The number of carbonyl (C=O) groups is 1. The van der Waals surface area contributed by atoms with Crippen molar-refractivity contribution in [1.29, 1.82) is 0 Å². The number of ether oxygens (including phenoxy) is 1. The molecule has 0 aliphatic carbocycles. The smallest absolute Gasteiger partial charge is 0.260 e. The zero-order chi connectivity index (χ0) is 16.9. The summed E-state index contributed by atoms with van der Waals surface area (Å²) in [6, 6.07) is 9.05. The van der Waals surface area contributed by atoms with Crippen molar-refractivity contribution in [3.63, 3.8) is 0 Å². The Balaban J connectivity index is 1.69. The minimum Gasteiger partial charge on any atom is -0.467 e. The van der Waals surface area contributed by atoms with Crippen molar-refractivity contribution in [2.45, 2.75) is 26.2 Å². The van der Waals surface area contributed by atoms with Gasteiger partial charge in [0.25, 0.3) is 5.91 Å². The molecular formula is C18H20ClN3O2. The first kappa shape index (κ1) is 16.7. The van der Waals surface area contributed by atoms with Gasteiger partial charge in [-0.1, -0.05) is 11.6 Å². The second-order valence-electron chi connectivity index (χ2n) is 5.91. The highest BCUT2D eigenvalue weighted by atomic mass is 35.5. The van der Waals surface area contributed by atoms with Gasteiger partial charge in [-0.3, -0.25) is 4.79 Å². The molecule has 1 aliphatic rings. The van der Waals surface area contributed by atoms with Crippen LogP contribution in [0.3, 0.4) is 0 Å². The Morgan fingerprint density at radius 2 is 1.88 bits per heavy atom. The summed E-state index contributed by atoms with van der Waals surface area (Å²) in [5.74, 6) is 0.990. The van der Waals surface area contributed by atoms with Gasteiger partial charge in [-0.05, 0) is 50.5 Å². The third-order valence-electron chi connectivity index (χ3n) is 3.99. The topological polar surface area (TPSA) is 55.3 Å². The van der Waals surface area contributed by atoms with Crippen LogP contribution in [0, 0.1) is 6.92 Å². The van der Waals surface area contributed by atoms with Crippen LogP contribution in [0.5, 0.6) is 5.88 Å². The fourth-order valence-electron chi connectivity index (χ4n) is 2.71. The number of aromatic nitrogens is 2. The third kappa shape index (κ3) is 4.23. The molecule has 3 rings (SSSR count). The van der Waals surface area contributed by atoms with Gasteiger partial charge >= 0.3 is 0 Å². The predicted molar refractivity (Wildman–Crippen MR) is 93.1 cm³/mol. The fraction of sp³-hybridized carbons (Fsp3) is 0.389. The highest BCUT2D eigenvalue weighted by molar-refractivity contribution is 6.30. The molecule has 0 saturated carbocycles. The van der Waals surface area contributed by atoms with E-state index >= 15 is 0 Å². The molecule has 0 N–H and O–H groups in total. The summed E-state index contributed by atoms with van der Waals surface area (Å²) in [6.07, 6.45) is 3.33. The molecule has 0 atom stereocenters. The number of aryl methyl sites for hydroxylation is 1. The van der Waals surface area contributed by atoms with E-state index in [-0.39, 0.29) is 12.5 Å². The molecule has 2 aromatic rings. The molecule has 1 aliphatic heterocycles. The van der Waals surface area contributed by atoms with E-state index in [0.717, 1.165) is 37.2 Å². The molecule has 24 heavy (non-hydrogen) atoms. The van der Waals surface area contributed by atoms with Gasteiger partial charge < -0.3 is 9.64 Å². The number of halogens is 1. The van der Waals surface area contributed by atoms with Crippen LogP contribution in [-0.4, -0.2) is 40.5 Å². The molecule has 1 fully saturated rings. The van der Waals surface area contributed by atoms with E-state index in [0.29, 0.717) is 16.7 Å². The highest BCUT2D eigenvalue weighted by Gasteiger charge is 2.17. The summed E-state index contributed by atoms with van der Waals surface area (Å²) in [5.41, 5.74) is 1.64. The van der Waals surface area contributed by atoms with Gasteiger partial charge in [0.15, 0.2) is 12.4 Å². The zero-order valence-electron chi connectivity index (χ0n) is 13.7. The van der Waals surface area contributed by atoms with Crippen molar-refractivity contribution >= 4 is 17.5 Å². The Morgan fingerprint density at radius 1 is 1.17 bits per heavy atom. The minimum atomic E-state index is 0.0104. The number of hydrogen-bond donors (Lipinski definition) is 0. The lowest BCUT2D eigenvalue weighted by atomic mass is 10.1. The molecule has 0 unspecified atom stereocenters. The lowest BCUT2D eigenvalue weighted by Gasteiger charge is -2.26. The van der Waals surface area contributed by atoms with E-state index in [2.05, 4.69) is 9.97 Å². The molecule has 2 heterocycles. The summed E-state index contributed by atoms with van der Waals surface area (Å²) >= 11 is 5.91. The van der Waals surface area contributed by atoms with Gasteiger partial charge in [-0.25, -0.2) is 4.98 Å². The maximum absolute atomic E-state index is 12.2. The summed E-state index contributed by atoms with van der Waals surface area (Å²) in [5, 5.41) is 0.662. The zero-order valence-corrected chi connectivity index (χ0v) is 14.4. The van der Waals surface area contributed by atoms with Crippen molar-refractivity contribution in [2.75, 3.05) is 19.7 Å². The van der Waals surface area contributed by atoms with Gasteiger partial charge in [-0.15, -0.1) is 0 Å². The van der Waals surface area contributed by atoms with Crippen molar-refractivity contribution in [3.8, 4) is 17.3 Å². The normalized spacial score (nSPS) is 14.5. The number of hydrogen-bond acceptors (Lipinski definition) is 4. The standard InChI is InChI=1S/C18H20ClN3O2/c1-13-11-16(24-12-17(23)22-9-3-2-4-10-22)21-18(20-13)14-5-7-15(19)8-6-14/h5-8,11H,2-4,9-10,12H2,1H3. The SMILES string of the molecule is Cc1cc(OCC(=O)N2CCCCC2)nc(-c2ccc(Cl)cc2)n1. The number of amides is 1. The predicted octanol–water partition coefficient (Wildman–Crippen LogP) is 3.50. The largest absolute Gasteiger partial charge is 0.467 e. The van der Waals surface area contributed by atoms with Crippen LogP contribution in [0.4, 0.5) is 0 Å². The number of carbonyl (C=O) groups excluding carboxylic acids is 1. The van der Waals surface area contributed by atoms with E-state index in [1.54, 1.807) is 18.2 Å². The second-order valence-corrected chi connectivity index (χ2v) is 6.34. The van der Waals surface area contributed by atoms with Crippen molar-refractivity contribution in [1.82, 2.24) is 14.9 Å². The van der Waals surface area contributed by atoms with Gasteiger partial charge in [-0.2, -0.15) is 4.98 Å². The Labute approximate surface area is 146 Å². The highest BCUT2D eigenvalue weighted by Crippen LogP contribution is 2.21. The molecule has 0 bridgehead atoms. The Kier molecular flexibility index (Phi) is 5.30. The van der Waals surface area contributed by atoms with Crippen molar-refractivity contribution in [2.24, 2.45) is 0 Å². The number of nitrogens with zero attached hydrogens (tertiary/aromatic N) is 3. The molecule has 5 nitrogen and oxygen atoms in total. The molecule has 126 valence electrons. The summed E-state index contributed by atoms with van der Waals surface area (Å²) in [6.45, 7) is 3.53. The van der Waals surface area contributed by atoms with Crippen LogP contribution in [-0.2, 0) is 4.79 Å². The Hall–Kier alpha value is -2.14. The number of rotatable bonds is 4. The maximum Gasteiger partial charge on any atom is 0.260 e. The summed E-state index contributed by atoms with van der Waals surface area (Å²) in [7, 11) is 0.